The van der Waals surface area contributed by atoms with E-state index in [1.165, 1.54) is 16.7 Å². The number of fused-ring (bicyclic) bond motifs is 1. The van der Waals surface area contributed by atoms with Gasteiger partial charge in [0.15, 0.2) is 6.10 Å². The van der Waals surface area contributed by atoms with Crippen molar-refractivity contribution in [2.45, 2.75) is 45.8 Å². The third-order valence-corrected chi connectivity index (χ3v) is 5.89. The Kier molecular flexibility index (Phi) is 5.73. The summed E-state index contributed by atoms with van der Waals surface area (Å²) in [5.74, 6) is 0.637. The van der Waals surface area contributed by atoms with E-state index >= 15 is 0 Å². The summed E-state index contributed by atoms with van der Waals surface area (Å²) in [6, 6.07) is 14.3. The fraction of sp³-hybridized carbons (Fsp3) is 0.360. The number of likely N-dealkylation sites (tertiary alicyclic amines) is 1. The normalized spacial score (nSPS) is 17.7. The predicted octanol–water partition coefficient (Wildman–Crippen LogP) is 4.24. The van der Waals surface area contributed by atoms with Gasteiger partial charge >= 0.3 is 0 Å². The number of amides is 1. The van der Waals surface area contributed by atoms with E-state index in [0.29, 0.717) is 12.3 Å². The Morgan fingerprint density at radius 1 is 1.20 bits per heavy atom. The molecule has 2 aromatic carbocycles. The van der Waals surface area contributed by atoms with Crippen molar-refractivity contribution in [2.75, 3.05) is 13.1 Å². The van der Waals surface area contributed by atoms with Crippen molar-refractivity contribution in [3.63, 3.8) is 0 Å². The standard InChI is InChI=1S/C25H29N3O2/c1-16-6-4-7-17(2)24(16)22-11-12-27-23-14-20(9-10-21(22)23)30-18(3)25(29)28-13-5-8-19(26)15-28/h4,6-7,9-12,14,18-19H,5,8,13,15,26H2,1-3H3. The van der Waals surface area contributed by atoms with Gasteiger partial charge in [0.1, 0.15) is 5.75 Å². The highest BCUT2D eigenvalue weighted by atomic mass is 16.5. The van der Waals surface area contributed by atoms with Gasteiger partial charge in [0.25, 0.3) is 5.91 Å². The Labute approximate surface area is 177 Å². The number of hydrogen-bond donors (Lipinski definition) is 1. The number of nitrogens with two attached hydrogens (primary N) is 1. The van der Waals surface area contributed by atoms with Crippen LogP contribution in [-0.2, 0) is 4.79 Å². The summed E-state index contributed by atoms with van der Waals surface area (Å²) in [6.07, 6.45) is 3.19. The van der Waals surface area contributed by atoms with Crippen molar-refractivity contribution in [1.29, 1.82) is 0 Å². The molecule has 0 aliphatic carbocycles. The average molecular weight is 404 g/mol. The second kappa shape index (κ2) is 8.44. The molecule has 1 fully saturated rings. The van der Waals surface area contributed by atoms with Crippen LogP contribution < -0.4 is 10.5 Å². The fourth-order valence-corrected chi connectivity index (χ4v) is 4.38. The molecular weight excluding hydrogens is 374 g/mol. The molecule has 156 valence electrons. The van der Waals surface area contributed by atoms with Gasteiger partial charge in [0.2, 0.25) is 0 Å². The number of ether oxygens (including phenoxy) is 1. The molecular formula is C25H29N3O2. The number of pyridine rings is 1. The monoisotopic (exact) mass is 403 g/mol. The molecule has 0 saturated carbocycles. The summed E-state index contributed by atoms with van der Waals surface area (Å²) in [7, 11) is 0. The molecule has 1 saturated heterocycles. The minimum absolute atomic E-state index is 0.0116. The third kappa shape index (κ3) is 4.03. The van der Waals surface area contributed by atoms with Gasteiger partial charge in [-0.3, -0.25) is 9.78 Å². The zero-order valence-electron chi connectivity index (χ0n) is 17.9. The van der Waals surface area contributed by atoms with E-state index in [0.717, 1.165) is 35.9 Å². The van der Waals surface area contributed by atoms with Crippen LogP contribution in [-0.4, -0.2) is 41.0 Å². The van der Waals surface area contributed by atoms with Crippen LogP contribution in [0.1, 0.15) is 30.9 Å². The largest absolute Gasteiger partial charge is 0.481 e. The maximum absolute atomic E-state index is 12.8. The predicted molar refractivity (Wildman–Crippen MR) is 121 cm³/mol. The van der Waals surface area contributed by atoms with E-state index in [-0.39, 0.29) is 11.9 Å². The number of nitrogens with zero attached hydrogens (tertiary/aromatic N) is 2. The van der Waals surface area contributed by atoms with Gasteiger partial charge in [-0.15, -0.1) is 0 Å². The summed E-state index contributed by atoms with van der Waals surface area (Å²) in [6.45, 7) is 7.41. The molecule has 0 radical (unpaired) electrons. The third-order valence-electron chi connectivity index (χ3n) is 5.89. The van der Waals surface area contributed by atoms with Crippen LogP contribution in [0.3, 0.4) is 0 Å². The van der Waals surface area contributed by atoms with Crippen LogP contribution in [0.15, 0.2) is 48.7 Å². The van der Waals surface area contributed by atoms with Gasteiger partial charge in [-0.25, -0.2) is 0 Å². The van der Waals surface area contributed by atoms with Crippen molar-refractivity contribution in [3.8, 4) is 16.9 Å². The first-order chi connectivity index (χ1) is 14.4. The molecule has 1 aliphatic rings. The van der Waals surface area contributed by atoms with E-state index < -0.39 is 6.10 Å². The van der Waals surface area contributed by atoms with Gasteiger partial charge in [0.05, 0.1) is 5.52 Å². The lowest BCUT2D eigenvalue weighted by Gasteiger charge is -2.32. The van der Waals surface area contributed by atoms with Gasteiger partial charge in [-0.2, -0.15) is 0 Å². The lowest BCUT2D eigenvalue weighted by molar-refractivity contribution is -0.139. The molecule has 5 heteroatoms. The molecule has 0 bridgehead atoms. The zero-order valence-corrected chi connectivity index (χ0v) is 17.9. The van der Waals surface area contributed by atoms with Crippen molar-refractivity contribution in [3.05, 3.63) is 59.8 Å². The van der Waals surface area contributed by atoms with Crippen LogP contribution in [0.5, 0.6) is 5.75 Å². The SMILES string of the molecule is Cc1cccc(C)c1-c1ccnc2cc(OC(C)C(=O)N3CCCC(N)C3)ccc12. The van der Waals surface area contributed by atoms with E-state index in [2.05, 4.69) is 43.1 Å². The second-order valence-corrected chi connectivity index (χ2v) is 8.25. The lowest BCUT2D eigenvalue weighted by atomic mass is 9.93. The Balaban J connectivity index is 1.59. The molecule has 0 spiro atoms. The number of hydrogen-bond acceptors (Lipinski definition) is 4. The summed E-state index contributed by atoms with van der Waals surface area (Å²) in [5, 5.41) is 1.07. The number of piperidine rings is 1. The van der Waals surface area contributed by atoms with E-state index in [9.17, 15) is 4.79 Å². The Hall–Kier alpha value is -2.92. The van der Waals surface area contributed by atoms with E-state index in [1.54, 1.807) is 6.92 Å². The molecule has 1 aliphatic heterocycles. The number of benzene rings is 2. The summed E-state index contributed by atoms with van der Waals surface area (Å²) >= 11 is 0. The number of aryl methyl sites for hydroxylation is 2. The van der Waals surface area contributed by atoms with Gasteiger partial charge in [0, 0.05) is 36.8 Å². The zero-order chi connectivity index (χ0) is 21.3. The average Bonchev–Trinajstić information content (AvgIpc) is 2.73. The van der Waals surface area contributed by atoms with Crippen molar-refractivity contribution in [2.24, 2.45) is 5.73 Å². The maximum Gasteiger partial charge on any atom is 0.263 e. The first kappa shape index (κ1) is 20.4. The van der Waals surface area contributed by atoms with E-state index in [1.807, 2.05) is 29.3 Å². The number of carbonyl (C=O) groups excluding carboxylic acids is 1. The molecule has 1 aromatic heterocycles. The molecule has 2 heterocycles. The van der Waals surface area contributed by atoms with Gasteiger partial charge in [-0.05, 0) is 74.1 Å². The molecule has 30 heavy (non-hydrogen) atoms. The van der Waals surface area contributed by atoms with Crippen molar-refractivity contribution < 1.29 is 9.53 Å². The lowest BCUT2D eigenvalue weighted by Crippen LogP contribution is -2.49. The summed E-state index contributed by atoms with van der Waals surface area (Å²) in [5.41, 5.74) is 11.7. The number of rotatable bonds is 4. The van der Waals surface area contributed by atoms with Gasteiger partial charge < -0.3 is 15.4 Å². The quantitative estimate of drug-likeness (QED) is 0.708. The smallest absolute Gasteiger partial charge is 0.263 e. The minimum atomic E-state index is -0.561. The Morgan fingerprint density at radius 3 is 2.70 bits per heavy atom. The van der Waals surface area contributed by atoms with E-state index in [4.69, 9.17) is 10.5 Å². The highest BCUT2D eigenvalue weighted by Crippen LogP contribution is 2.33. The Morgan fingerprint density at radius 2 is 1.97 bits per heavy atom. The van der Waals surface area contributed by atoms with Crippen molar-refractivity contribution in [1.82, 2.24) is 9.88 Å². The maximum atomic E-state index is 12.8. The number of aromatic nitrogens is 1. The molecule has 4 rings (SSSR count). The molecule has 2 unspecified atom stereocenters. The number of carbonyl (C=O) groups is 1. The Bertz CT molecular complexity index is 1060. The minimum Gasteiger partial charge on any atom is -0.481 e. The first-order valence-electron chi connectivity index (χ1n) is 10.6. The van der Waals surface area contributed by atoms with Crippen LogP contribution in [0, 0.1) is 13.8 Å². The molecule has 3 aromatic rings. The molecule has 2 N–H and O–H groups in total. The van der Waals surface area contributed by atoms with Crippen LogP contribution in [0.2, 0.25) is 0 Å². The van der Waals surface area contributed by atoms with Crippen LogP contribution in [0.4, 0.5) is 0 Å². The van der Waals surface area contributed by atoms with Gasteiger partial charge in [-0.1, -0.05) is 18.2 Å². The molecule has 2 atom stereocenters. The van der Waals surface area contributed by atoms with Crippen molar-refractivity contribution >= 4 is 16.8 Å². The topological polar surface area (TPSA) is 68.5 Å². The molecule has 5 nitrogen and oxygen atoms in total. The van der Waals surface area contributed by atoms with Crippen LogP contribution in [0.25, 0.3) is 22.0 Å². The summed E-state index contributed by atoms with van der Waals surface area (Å²) in [4.78, 5) is 19.1. The fourth-order valence-electron chi connectivity index (χ4n) is 4.38. The van der Waals surface area contributed by atoms with Crippen LogP contribution >= 0.6 is 0 Å². The highest BCUT2D eigenvalue weighted by molar-refractivity contribution is 5.96. The first-order valence-corrected chi connectivity index (χ1v) is 10.6. The molecule has 1 amide bonds. The second-order valence-electron chi connectivity index (χ2n) is 8.25. The highest BCUT2D eigenvalue weighted by Gasteiger charge is 2.26. The summed E-state index contributed by atoms with van der Waals surface area (Å²) < 4.78 is 5.99.